The Bertz CT molecular complexity index is 259. The summed E-state index contributed by atoms with van der Waals surface area (Å²) in [7, 11) is 0. The number of aryl methyl sites for hydroxylation is 1. The normalized spacial score (nSPS) is 9.55. The van der Waals surface area contributed by atoms with Gasteiger partial charge in [-0.15, -0.1) is 11.3 Å². The lowest BCUT2D eigenvalue weighted by atomic mass is 10.4. The lowest BCUT2D eigenvalue weighted by Crippen LogP contribution is -2.06. The van der Waals surface area contributed by atoms with Crippen LogP contribution in [0.3, 0.4) is 0 Å². The SMILES string of the molecule is CCc1cnc(NC(=O)O)s1. The van der Waals surface area contributed by atoms with Crippen molar-refractivity contribution in [3.8, 4) is 0 Å². The lowest BCUT2D eigenvalue weighted by Gasteiger charge is -1.90. The maximum absolute atomic E-state index is 10.1. The van der Waals surface area contributed by atoms with Crippen LogP contribution >= 0.6 is 11.3 Å². The molecule has 5 heteroatoms. The number of nitrogens with one attached hydrogen (secondary N) is 1. The van der Waals surface area contributed by atoms with Crippen LogP contribution in [0.25, 0.3) is 0 Å². The molecule has 1 rings (SSSR count). The van der Waals surface area contributed by atoms with Crippen LogP contribution in [-0.2, 0) is 6.42 Å². The van der Waals surface area contributed by atoms with Gasteiger partial charge in [0.2, 0.25) is 0 Å². The summed E-state index contributed by atoms with van der Waals surface area (Å²) in [5.41, 5.74) is 0. The van der Waals surface area contributed by atoms with Crippen molar-refractivity contribution in [3.63, 3.8) is 0 Å². The Kier molecular flexibility index (Phi) is 2.43. The summed E-state index contributed by atoms with van der Waals surface area (Å²) >= 11 is 1.36. The second-order valence-corrected chi connectivity index (χ2v) is 3.03. The zero-order valence-corrected chi connectivity index (χ0v) is 6.81. The molecule has 0 aliphatic rings. The van der Waals surface area contributed by atoms with Crippen LogP contribution in [-0.4, -0.2) is 16.2 Å². The number of nitrogens with zero attached hydrogens (tertiary/aromatic N) is 1. The predicted molar refractivity (Wildman–Crippen MR) is 43.1 cm³/mol. The van der Waals surface area contributed by atoms with Gasteiger partial charge in [0, 0.05) is 11.1 Å². The number of anilines is 1. The monoisotopic (exact) mass is 172 g/mol. The van der Waals surface area contributed by atoms with E-state index >= 15 is 0 Å². The fraction of sp³-hybridized carbons (Fsp3) is 0.333. The highest BCUT2D eigenvalue weighted by atomic mass is 32.1. The van der Waals surface area contributed by atoms with Crippen molar-refractivity contribution in [3.05, 3.63) is 11.1 Å². The van der Waals surface area contributed by atoms with Gasteiger partial charge in [-0.1, -0.05) is 6.92 Å². The number of amides is 1. The molecule has 1 aromatic rings. The Labute approximate surface area is 67.9 Å². The summed E-state index contributed by atoms with van der Waals surface area (Å²) in [5, 5.41) is 10.9. The average molecular weight is 172 g/mol. The number of hydrogen-bond donors (Lipinski definition) is 2. The van der Waals surface area contributed by atoms with Crippen LogP contribution in [0.1, 0.15) is 11.8 Å². The van der Waals surface area contributed by atoms with E-state index in [2.05, 4.69) is 10.3 Å². The molecule has 2 N–H and O–H groups in total. The molecule has 0 radical (unpaired) electrons. The van der Waals surface area contributed by atoms with Gasteiger partial charge in [0.15, 0.2) is 5.13 Å². The number of aromatic nitrogens is 1. The number of rotatable bonds is 2. The van der Waals surface area contributed by atoms with Crippen LogP contribution < -0.4 is 5.32 Å². The molecule has 0 unspecified atom stereocenters. The molecule has 4 nitrogen and oxygen atoms in total. The highest BCUT2D eigenvalue weighted by Crippen LogP contribution is 2.17. The van der Waals surface area contributed by atoms with Crippen molar-refractivity contribution in [1.29, 1.82) is 0 Å². The average Bonchev–Trinajstić information content (AvgIpc) is 2.34. The van der Waals surface area contributed by atoms with Gasteiger partial charge in [0.25, 0.3) is 0 Å². The molecule has 0 saturated heterocycles. The molecule has 0 aromatic carbocycles. The van der Waals surface area contributed by atoms with Gasteiger partial charge in [-0.3, -0.25) is 5.32 Å². The van der Waals surface area contributed by atoms with Gasteiger partial charge in [0.1, 0.15) is 0 Å². The molecule has 1 amide bonds. The molecule has 0 atom stereocenters. The Hall–Kier alpha value is -1.10. The van der Waals surface area contributed by atoms with Crippen molar-refractivity contribution < 1.29 is 9.90 Å². The molecular formula is C6H8N2O2S. The minimum atomic E-state index is -1.07. The van der Waals surface area contributed by atoms with Crippen molar-refractivity contribution in [2.24, 2.45) is 0 Å². The summed E-state index contributed by atoms with van der Waals surface area (Å²) in [5.74, 6) is 0. The molecule has 1 heterocycles. The fourth-order valence-electron chi connectivity index (χ4n) is 0.620. The molecule has 1 aromatic heterocycles. The molecule has 11 heavy (non-hydrogen) atoms. The van der Waals surface area contributed by atoms with Gasteiger partial charge in [-0.2, -0.15) is 0 Å². The first kappa shape index (κ1) is 8.00. The lowest BCUT2D eigenvalue weighted by molar-refractivity contribution is 0.209. The third-order valence-corrected chi connectivity index (χ3v) is 2.17. The van der Waals surface area contributed by atoms with E-state index in [1.165, 1.54) is 11.3 Å². The minimum absolute atomic E-state index is 0.439. The molecule has 0 saturated carbocycles. The Morgan fingerprint density at radius 1 is 1.91 bits per heavy atom. The molecule has 0 fully saturated rings. The third-order valence-electron chi connectivity index (χ3n) is 1.12. The van der Waals surface area contributed by atoms with E-state index < -0.39 is 6.09 Å². The van der Waals surface area contributed by atoms with E-state index in [0.29, 0.717) is 5.13 Å². The Balaban J connectivity index is 2.65. The van der Waals surface area contributed by atoms with E-state index in [0.717, 1.165) is 11.3 Å². The summed E-state index contributed by atoms with van der Waals surface area (Å²) in [6.45, 7) is 2.00. The van der Waals surface area contributed by atoms with Gasteiger partial charge in [0.05, 0.1) is 0 Å². The quantitative estimate of drug-likeness (QED) is 0.715. The first-order valence-electron chi connectivity index (χ1n) is 3.17. The van der Waals surface area contributed by atoms with Crippen molar-refractivity contribution in [2.75, 3.05) is 5.32 Å². The summed E-state index contributed by atoms with van der Waals surface area (Å²) in [6.07, 6.45) is 1.50. The van der Waals surface area contributed by atoms with Gasteiger partial charge in [-0.25, -0.2) is 9.78 Å². The highest BCUT2D eigenvalue weighted by Gasteiger charge is 2.01. The van der Waals surface area contributed by atoms with E-state index in [-0.39, 0.29) is 0 Å². The maximum atomic E-state index is 10.1. The van der Waals surface area contributed by atoms with Gasteiger partial charge >= 0.3 is 6.09 Å². The van der Waals surface area contributed by atoms with Crippen LogP contribution in [0, 0.1) is 0 Å². The zero-order chi connectivity index (χ0) is 8.27. The van der Waals surface area contributed by atoms with Gasteiger partial charge < -0.3 is 5.11 Å². The molecule has 0 aliphatic heterocycles. The second kappa shape index (κ2) is 3.34. The minimum Gasteiger partial charge on any atom is -0.465 e. The number of carboxylic acid groups (broad SMARTS) is 1. The number of carbonyl (C=O) groups is 1. The fourth-order valence-corrected chi connectivity index (χ4v) is 1.36. The molecule has 0 bridgehead atoms. The van der Waals surface area contributed by atoms with Crippen molar-refractivity contribution >= 4 is 22.6 Å². The predicted octanol–water partition coefficient (Wildman–Crippen LogP) is 1.80. The first-order valence-corrected chi connectivity index (χ1v) is 3.98. The van der Waals surface area contributed by atoms with Crippen molar-refractivity contribution in [1.82, 2.24) is 4.98 Å². The van der Waals surface area contributed by atoms with E-state index in [1.807, 2.05) is 6.92 Å². The number of thiazole rings is 1. The zero-order valence-electron chi connectivity index (χ0n) is 6.00. The summed E-state index contributed by atoms with van der Waals surface area (Å²) < 4.78 is 0. The standard InChI is InChI=1S/C6H8N2O2S/c1-2-4-3-7-5(11-4)8-6(9)10/h3H,2H2,1H3,(H,7,8)(H,9,10). The van der Waals surface area contributed by atoms with Crippen LogP contribution in [0.15, 0.2) is 6.20 Å². The molecule has 0 spiro atoms. The first-order chi connectivity index (χ1) is 5.22. The van der Waals surface area contributed by atoms with E-state index in [1.54, 1.807) is 6.20 Å². The van der Waals surface area contributed by atoms with Crippen LogP contribution in [0.5, 0.6) is 0 Å². The smallest absolute Gasteiger partial charge is 0.410 e. The van der Waals surface area contributed by atoms with Crippen LogP contribution in [0.4, 0.5) is 9.93 Å². The van der Waals surface area contributed by atoms with Gasteiger partial charge in [-0.05, 0) is 6.42 Å². The van der Waals surface area contributed by atoms with E-state index in [9.17, 15) is 4.79 Å². The summed E-state index contributed by atoms with van der Waals surface area (Å²) in [6, 6.07) is 0. The van der Waals surface area contributed by atoms with Crippen LogP contribution in [0.2, 0.25) is 0 Å². The largest absolute Gasteiger partial charge is 0.465 e. The second-order valence-electron chi connectivity index (χ2n) is 1.92. The maximum Gasteiger partial charge on any atom is 0.410 e. The topological polar surface area (TPSA) is 62.2 Å². The summed E-state index contributed by atoms with van der Waals surface area (Å²) in [4.78, 5) is 15.1. The molecule has 0 aliphatic carbocycles. The Morgan fingerprint density at radius 2 is 2.64 bits per heavy atom. The molecular weight excluding hydrogens is 164 g/mol. The van der Waals surface area contributed by atoms with E-state index in [4.69, 9.17) is 5.11 Å². The van der Waals surface area contributed by atoms with Crippen molar-refractivity contribution in [2.45, 2.75) is 13.3 Å². The number of hydrogen-bond acceptors (Lipinski definition) is 3. The third kappa shape index (κ3) is 2.19. The molecule has 60 valence electrons. The Morgan fingerprint density at radius 3 is 3.09 bits per heavy atom. The highest BCUT2D eigenvalue weighted by molar-refractivity contribution is 7.15.